The number of fused-ring (bicyclic) bond motifs is 1. The number of nitrogens with one attached hydrogen (secondary N) is 2. The van der Waals surface area contributed by atoms with Crippen molar-refractivity contribution in [2.75, 3.05) is 24.1 Å². The lowest BCUT2D eigenvalue weighted by Gasteiger charge is -2.10. The summed E-state index contributed by atoms with van der Waals surface area (Å²) >= 11 is 0. The van der Waals surface area contributed by atoms with Crippen LogP contribution in [0.15, 0.2) is 36.5 Å². The molecular weight excluding hydrogens is 379 g/mol. The zero-order valence-electron chi connectivity index (χ0n) is 18.4. The van der Waals surface area contributed by atoms with E-state index in [1.54, 1.807) is 16.6 Å². The maximum absolute atomic E-state index is 13.2. The van der Waals surface area contributed by atoms with E-state index in [2.05, 4.69) is 27.6 Å². The summed E-state index contributed by atoms with van der Waals surface area (Å²) in [4.78, 5) is 4.36. The summed E-state index contributed by atoms with van der Waals surface area (Å²) < 4.78 is 15.0. The Morgan fingerprint density at radius 3 is 2.53 bits per heavy atom. The average Bonchev–Trinajstić information content (AvgIpc) is 3.18. The molecule has 164 valence electrons. The lowest BCUT2D eigenvalue weighted by Crippen LogP contribution is -2.21. The molecule has 3 aromatic rings. The van der Waals surface area contributed by atoms with Crippen LogP contribution < -0.4 is 16.4 Å². The molecule has 6 nitrogen and oxygen atoms in total. The molecule has 1 aromatic carbocycles. The van der Waals surface area contributed by atoms with Gasteiger partial charge in [0.2, 0.25) is 0 Å². The molecule has 2 aromatic heterocycles. The quantitative estimate of drug-likeness (QED) is 0.559. The first-order valence-corrected chi connectivity index (χ1v) is 11.0. The van der Waals surface area contributed by atoms with Gasteiger partial charge in [-0.3, -0.25) is 0 Å². The third-order valence-corrected chi connectivity index (χ3v) is 4.65. The van der Waals surface area contributed by atoms with Gasteiger partial charge in [-0.25, -0.2) is 9.37 Å². The van der Waals surface area contributed by atoms with Gasteiger partial charge < -0.3 is 16.4 Å². The van der Waals surface area contributed by atoms with Crippen molar-refractivity contribution in [2.24, 2.45) is 0 Å². The molecule has 1 saturated heterocycles. The number of hydrogen-bond donors (Lipinski definition) is 3. The minimum atomic E-state index is -0.247. The van der Waals surface area contributed by atoms with Gasteiger partial charge in [0.15, 0.2) is 5.65 Å². The fraction of sp³-hybridized carbons (Fsp3) is 0.478. The van der Waals surface area contributed by atoms with E-state index in [9.17, 15) is 4.39 Å². The molecular formula is C23H35FN6. The smallest absolute Gasteiger partial charge is 0.162 e. The monoisotopic (exact) mass is 414 g/mol. The first-order chi connectivity index (χ1) is 14.7. The van der Waals surface area contributed by atoms with Gasteiger partial charge in [0, 0.05) is 18.2 Å². The fourth-order valence-corrected chi connectivity index (χ4v) is 3.24. The molecule has 4 rings (SSSR count). The molecule has 0 saturated carbocycles. The minimum absolute atomic E-state index is 0.247. The van der Waals surface area contributed by atoms with Crippen LogP contribution in [0.5, 0.6) is 0 Å². The molecule has 4 N–H and O–H groups in total. The van der Waals surface area contributed by atoms with Crippen LogP contribution in [0.2, 0.25) is 0 Å². The van der Waals surface area contributed by atoms with Crippen LogP contribution in [-0.2, 0) is 13.0 Å². The Balaban J connectivity index is 0.000000340. The second-order valence-corrected chi connectivity index (χ2v) is 7.02. The van der Waals surface area contributed by atoms with Gasteiger partial charge >= 0.3 is 0 Å². The van der Waals surface area contributed by atoms with E-state index in [1.807, 2.05) is 26.1 Å². The first-order valence-electron chi connectivity index (χ1n) is 11.0. The number of anilines is 2. The topological polar surface area (TPSA) is 80.3 Å². The van der Waals surface area contributed by atoms with E-state index >= 15 is 0 Å². The van der Waals surface area contributed by atoms with E-state index in [1.165, 1.54) is 44.5 Å². The summed E-state index contributed by atoms with van der Waals surface area (Å²) in [7, 11) is 0. The van der Waals surface area contributed by atoms with Gasteiger partial charge in [0.25, 0.3) is 0 Å². The highest BCUT2D eigenvalue weighted by molar-refractivity contribution is 5.59. The van der Waals surface area contributed by atoms with Crippen molar-refractivity contribution in [1.29, 1.82) is 0 Å². The number of hydrogen-bond acceptors (Lipinski definition) is 5. The van der Waals surface area contributed by atoms with Crippen molar-refractivity contribution in [3.8, 4) is 0 Å². The number of piperidine rings is 1. The summed E-state index contributed by atoms with van der Waals surface area (Å²) in [5, 5.41) is 10.9. The minimum Gasteiger partial charge on any atom is -0.384 e. The Morgan fingerprint density at radius 2 is 1.93 bits per heavy atom. The highest BCUT2D eigenvalue weighted by Crippen LogP contribution is 2.19. The van der Waals surface area contributed by atoms with Crippen molar-refractivity contribution in [1.82, 2.24) is 19.9 Å². The van der Waals surface area contributed by atoms with Crippen molar-refractivity contribution < 1.29 is 4.39 Å². The summed E-state index contributed by atoms with van der Waals surface area (Å²) in [5.74, 6) is 0.934. The maximum Gasteiger partial charge on any atom is 0.162 e. The Labute approximate surface area is 179 Å². The molecule has 0 unspecified atom stereocenters. The molecule has 0 amide bonds. The maximum atomic E-state index is 13.2. The molecule has 0 aliphatic carbocycles. The molecule has 7 heteroatoms. The van der Waals surface area contributed by atoms with Crippen LogP contribution in [0.25, 0.3) is 5.65 Å². The number of nitrogens with two attached hydrogens (primary N) is 1. The largest absolute Gasteiger partial charge is 0.384 e. The Morgan fingerprint density at radius 1 is 1.17 bits per heavy atom. The Bertz CT molecular complexity index is 877. The third kappa shape index (κ3) is 6.99. The zero-order valence-corrected chi connectivity index (χ0v) is 18.4. The van der Waals surface area contributed by atoms with E-state index in [0.717, 1.165) is 35.4 Å². The molecule has 1 aliphatic heterocycles. The van der Waals surface area contributed by atoms with Gasteiger partial charge in [-0.05, 0) is 50.0 Å². The number of aromatic nitrogens is 3. The third-order valence-electron chi connectivity index (χ3n) is 4.65. The normalized spacial score (nSPS) is 13.1. The molecule has 0 atom stereocenters. The molecule has 0 radical (unpaired) electrons. The number of benzene rings is 1. The predicted octanol–water partition coefficient (Wildman–Crippen LogP) is 4.80. The molecule has 3 heterocycles. The van der Waals surface area contributed by atoms with Gasteiger partial charge in [-0.1, -0.05) is 45.7 Å². The second kappa shape index (κ2) is 12.8. The lowest BCUT2D eigenvalue weighted by molar-refractivity contribution is 0.520. The van der Waals surface area contributed by atoms with Crippen molar-refractivity contribution >= 4 is 17.3 Å². The van der Waals surface area contributed by atoms with E-state index < -0.39 is 0 Å². The van der Waals surface area contributed by atoms with Crippen molar-refractivity contribution in [2.45, 2.75) is 59.4 Å². The average molecular weight is 415 g/mol. The molecule has 1 fully saturated rings. The van der Waals surface area contributed by atoms with Crippen LogP contribution in [0.4, 0.5) is 16.0 Å². The van der Waals surface area contributed by atoms with E-state index in [-0.39, 0.29) is 5.82 Å². The van der Waals surface area contributed by atoms with Crippen LogP contribution >= 0.6 is 0 Å². The zero-order chi connectivity index (χ0) is 21.8. The molecule has 30 heavy (non-hydrogen) atoms. The number of nitrogens with zero attached hydrogens (tertiary/aromatic N) is 3. The molecule has 1 aliphatic rings. The van der Waals surface area contributed by atoms with Crippen LogP contribution in [0.3, 0.4) is 0 Å². The van der Waals surface area contributed by atoms with E-state index in [4.69, 9.17) is 5.73 Å². The Kier molecular flexibility index (Phi) is 10.1. The van der Waals surface area contributed by atoms with Gasteiger partial charge in [-0.2, -0.15) is 9.61 Å². The first kappa shape index (κ1) is 23.6. The lowest BCUT2D eigenvalue weighted by atomic mass is 10.2. The highest BCUT2D eigenvalue weighted by atomic mass is 19.1. The predicted molar refractivity (Wildman–Crippen MR) is 123 cm³/mol. The van der Waals surface area contributed by atoms with Gasteiger partial charge in [-0.15, -0.1) is 0 Å². The molecule has 0 spiro atoms. The number of aryl methyl sites for hydroxylation is 1. The van der Waals surface area contributed by atoms with E-state index in [0.29, 0.717) is 12.4 Å². The number of halogens is 1. The summed E-state index contributed by atoms with van der Waals surface area (Å²) in [6.07, 6.45) is 7.96. The molecule has 0 bridgehead atoms. The summed E-state index contributed by atoms with van der Waals surface area (Å²) in [6, 6.07) is 8.21. The van der Waals surface area contributed by atoms with Crippen LogP contribution in [0.1, 0.15) is 57.6 Å². The fourth-order valence-electron chi connectivity index (χ4n) is 3.24. The van der Waals surface area contributed by atoms with Crippen LogP contribution in [-0.4, -0.2) is 27.7 Å². The SMILES string of the molecule is C1CCNCC1.CC.CCCc1cnn2c(NCc3cccc(F)c3)cc(N)nc12. The van der Waals surface area contributed by atoms with Gasteiger partial charge in [0.05, 0.1) is 6.20 Å². The Hall–Kier alpha value is -2.67. The number of rotatable bonds is 5. The second-order valence-electron chi connectivity index (χ2n) is 7.02. The standard InChI is InChI=1S/C16H18FN5.C5H11N.C2H6/c1-2-4-12-10-20-22-15(8-14(18)21-16(12)22)19-9-11-5-3-6-13(17)7-11;1-2-4-6-5-3-1;1-2/h3,5-8,10,19H,2,4,9H2,1H3,(H2,18,21);6H,1-5H2;1-2H3. The van der Waals surface area contributed by atoms with Crippen molar-refractivity contribution in [3.63, 3.8) is 0 Å². The number of nitrogen functional groups attached to an aromatic ring is 1. The summed E-state index contributed by atoms with van der Waals surface area (Å²) in [6.45, 7) is 9.10. The highest BCUT2D eigenvalue weighted by Gasteiger charge is 2.10. The van der Waals surface area contributed by atoms with Crippen LogP contribution in [0, 0.1) is 5.82 Å². The van der Waals surface area contributed by atoms with Crippen molar-refractivity contribution in [3.05, 3.63) is 53.5 Å². The van der Waals surface area contributed by atoms with Gasteiger partial charge in [0.1, 0.15) is 17.5 Å². The summed E-state index contributed by atoms with van der Waals surface area (Å²) in [5.41, 5.74) is 8.58.